The van der Waals surface area contributed by atoms with Gasteiger partial charge in [0.25, 0.3) is 0 Å². The van der Waals surface area contributed by atoms with Crippen LogP contribution in [0.5, 0.6) is 5.75 Å². The van der Waals surface area contributed by atoms with Crippen LogP contribution in [-0.4, -0.2) is 39.1 Å². The first-order valence-electron chi connectivity index (χ1n) is 13.0. The molecule has 2 N–H and O–H groups in total. The number of carbonyl (C=O) groups excluding carboxylic acids is 1. The van der Waals surface area contributed by atoms with Gasteiger partial charge >= 0.3 is 0 Å². The predicted molar refractivity (Wildman–Crippen MR) is 158 cm³/mol. The molecule has 0 saturated carbocycles. The van der Waals surface area contributed by atoms with Crippen molar-refractivity contribution in [3.8, 4) is 11.4 Å². The molecule has 1 amide bonds. The molecule has 1 fully saturated rings. The number of thiocarbonyl (C=S) groups is 1. The largest absolute Gasteiger partial charge is 0.495 e. The van der Waals surface area contributed by atoms with Gasteiger partial charge in [-0.25, -0.2) is 0 Å². The Labute approximate surface area is 234 Å². The topological polar surface area (TPSA) is 71.4 Å². The Balaban J connectivity index is 1.46. The molecule has 2 aromatic heterocycles. The molecular weight excluding hydrogens is 506 g/mol. The Morgan fingerprint density at radius 2 is 1.79 bits per heavy atom. The number of para-hydroxylation sites is 2. The van der Waals surface area contributed by atoms with Gasteiger partial charge in [-0.05, 0) is 81.0 Å². The fourth-order valence-corrected chi connectivity index (χ4v) is 5.68. The van der Waals surface area contributed by atoms with Crippen LogP contribution < -0.4 is 15.4 Å². The summed E-state index contributed by atoms with van der Waals surface area (Å²) in [5.41, 5.74) is 7.32. The monoisotopic (exact) mass is 539 g/mol. The number of aryl methyl sites for hydroxylation is 2. The summed E-state index contributed by atoms with van der Waals surface area (Å²) < 4.78 is 7.66. The van der Waals surface area contributed by atoms with E-state index in [1.165, 1.54) is 5.56 Å². The van der Waals surface area contributed by atoms with Gasteiger partial charge in [0.15, 0.2) is 5.11 Å². The van der Waals surface area contributed by atoms with Crippen molar-refractivity contribution in [3.63, 3.8) is 0 Å². The summed E-state index contributed by atoms with van der Waals surface area (Å²) in [6, 6.07) is 23.8. The van der Waals surface area contributed by atoms with Gasteiger partial charge in [-0.1, -0.05) is 35.9 Å². The molecule has 4 aromatic rings. The third kappa shape index (κ3) is 5.38. The van der Waals surface area contributed by atoms with Crippen molar-refractivity contribution in [2.45, 2.75) is 39.3 Å². The molecule has 5 rings (SSSR count). The zero-order valence-electron chi connectivity index (χ0n) is 22.6. The molecular formula is C31H33N5O2S. The van der Waals surface area contributed by atoms with E-state index < -0.39 is 0 Å². The fraction of sp³-hybridized carbons (Fsp3) is 0.258. The van der Waals surface area contributed by atoms with E-state index in [0.29, 0.717) is 23.1 Å². The van der Waals surface area contributed by atoms with Crippen LogP contribution in [0.15, 0.2) is 79.0 Å². The van der Waals surface area contributed by atoms with E-state index in [4.69, 9.17) is 17.0 Å². The zero-order chi connectivity index (χ0) is 27.5. The van der Waals surface area contributed by atoms with E-state index in [-0.39, 0.29) is 24.4 Å². The van der Waals surface area contributed by atoms with Crippen LogP contribution >= 0.6 is 12.2 Å². The lowest BCUT2D eigenvalue weighted by Gasteiger charge is -2.28. The van der Waals surface area contributed by atoms with Crippen molar-refractivity contribution in [1.82, 2.24) is 19.8 Å². The van der Waals surface area contributed by atoms with Crippen molar-refractivity contribution < 1.29 is 9.53 Å². The highest BCUT2D eigenvalue weighted by Crippen LogP contribution is 2.41. The summed E-state index contributed by atoms with van der Waals surface area (Å²) in [5.74, 6) is 0.522. The summed E-state index contributed by atoms with van der Waals surface area (Å²) in [4.78, 5) is 19.8. The lowest BCUT2D eigenvalue weighted by atomic mass is 9.96. The van der Waals surface area contributed by atoms with Gasteiger partial charge in [-0.3, -0.25) is 9.78 Å². The number of nitrogens with one attached hydrogen (secondary N) is 2. The average Bonchev–Trinajstić information content (AvgIpc) is 3.43. The second kappa shape index (κ2) is 11.3. The molecule has 0 aliphatic carbocycles. The van der Waals surface area contributed by atoms with E-state index >= 15 is 0 Å². The number of ether oxygens (including phenoxy) is 1. The summed E-state index contributed by atoms with van der Waals surface area (Å²) in [5, 5.41) is 7.09. The van der Waals surface area contributed by atoms with Gasteiger partial charge in [0.1, 0.15) is 5.75 Å². The smallest absolute Gasteiger partial charge is 0.226 e. The molecule has 3 heterocycles. The molecule has 0 unspecified atom stereocenters. The van der Waals surface area contributed by atoms with Gasteiger partial charge in [0.05, 0.1) is 30.6 Å². The highest BCUT2D eigenvalue weighted by atomic mass is 32.1. The van der Waals surface area contributed by atoms with Crippen LogP contribution in [0, 0.1) is 20.8 Å². The highest BCUT2D eigenvalue weighted by molar-refractivity contribution is 7.80. The first kappa shape index (κ1) is 26.4. The number of methoxy groups -OCH3 is 1. The maximum absolute atomic E-state index is 13.0. The van der Waals surface area contributed by atoms with Gasteiger partial charge in [-0.15, -0.1) is 0 Å². The average molecular weight is 540 g/mol. The van der Waals surface area contributed by atoms with E-state index in [2.05, 4.69) is 76.2 Å². The van der Waals surface area contributed by atoms with Crippen LogP contribution in [0.25, 0.3) is 5.69 Å². The number of hydrogen-bond acceptors (Lipinski definition) is 4. The molecule has 0 radical (unpaired) electrons. The van der Waals surface area contributed by atoms with Crippen molar-refractivity contribution in [3.05, 3.63) is 107 Å². The van der Waals surface area contributed by atoms with Gasteiger partial charge in [0.2, 0.25) is 5.91 Å². The van der Waals surface area contributed by atoms with Crippen LogP contribution in [0.1, 0.15) is 46.7 Å². The summed E-state index contributed by atoms with van der Waals surface area (Å²) in [7, 11) is 1.59. The Kier molecular flexibility index (Phi) is 7.65. The van der Waals surface area contributed by atoms with Crippen molar-refractivity contribution in [2.75, 3.05) is 19.0 Å². The van der Waals surface area contributed by atoms with Gasteiger partial charge in [0, 0.05) is 36.2 Å². The SMILES string of the molecule is COc1ccccc1NC(=O)CCN1C(=S)N[C@H](c2ccccn2)[C@H]1c1cc(C)n(-c2ccc(C)cc2)c1C. The zero-order valence-corrected chi connectivity index (χ0v) is 23.5. The fourth-order valence-electron chi connectivity index (χ4n) is 5.35. The Morgan fingerprint density at radius 1 is 1.05 bits per heavy atom. The molecule has 200 valence electrons. The maximum Gasteiger partial charge on any atom is 0.226 e. The van der Waals surface area contributed by atoms with E-state index in [0.717, 1.165) is 28.3 Å². The normalized spacial score (nSPS) is 16.7. The molecule has 1 saturated heterocycles. The molecule has 1 aliphatic rings. The van der Waals surface area contributed by atoms with Crippen LogP contribution in [-0.2, 0) is 4.79 Å². The van der Waals surface area contributed by atoms with E-state index in [9.17, 15) is 4.79 Å². The van der Waals surface area contributed by atoms with Crippen LogP contribution in [0.4, 0.5) is 5.69 Å². The van der Waals surface area contributed by atoms with Crippen molar-refractivity contribution >= 4 is 28.9 Å². The Bertz CT molecular complexity index is 1480. The van der Waals surface area contributed by atoms with Gasteiger partial charge < -0.3 is 24.8 Å². The lowest BCUT2D eigenvalue weighted by Crippen LogP contribution is -2.33. The Morgan fingerprint density at radius 3 is 2.51 bits per heavy atom. The number of pyridine rings is 1. The molecule has 1 aliphatic heterocycles. The molecule has 7 nitrogen and oxygen atoms in total. The van der Waals surface area contributed by atoms with E-state index in [1.54, 1.807) is 13.3 Å². The summed E-state index contributed by atoms with van der Waals surface area (Å²) in [6.07, 6.45) is 2.07. The second-order valence-corrected chi connectivity index (χ2v) is 10.2. The van der Waals surface area contributed by atoms with Crippen LogP contribution in [0.3, 0.4) is 0 Å². The van der Waals surface area contributed by atoms with Crippen molar-refractivity contribution in [1.29, 1.82) is 0 Å². The number of carbonyl (C=O) groups is 1. The number of nitrogens with zero attached hydrogens (tertiary/aromatic N) is 3. The molecule has 0 spiro atoms. The number of rotatable bonds is 8. The predicted octanol–water partition coefficient (Wildman–Crippen LogP) is 5.81. The second-order valence-electron chi connectivity index (χ2n) is 9.82. The third-order valence-electron chi connectivity index (χ3n) is 7.24. The Hall–Kier alpha value is -4.17. The lowest BCUT2D eigenvalue weighted by molar-refractivity contribution is -0.116. The van der Waals surface area contributed by atoms with Crippen molar-refractivity contribution in [2.24, 2.45) is 0 Å². The minimum atomic E-state index is -0.150. The molecule has 2 atom stereocenters. The number of anilines is 1. The number of benzene rings is 2. The first-order chi connectivity index (χ1) is 18.9. The molecule has 0 bridgehead atoms. The molecule has 8 heteroatoms. The molecule has 2 aromatic carbocycles. The van der Waals surface area contributed by atoms with E-state index in [1.807, 2.05) is 42.5 Å². The molecule has 39 heavy (non-hydrogen) atoms. The van der Waals surface area contributed by atoms with Gasteiger partial charge in [-0.2, -0.15) is 0 Å². The maximum atomic E-state index is 13.0. The summed E-state index contributed by atoms with van der Waals surface area (Å²) in [6.45, 7) is 6.81. The summed E-state index contributed by atoms with van der Waals surface area (Å²) >= 11 is 5.84. The number of hydrogen-bond donors (Lipinski definition) is 2. The minimum absolute atomic E-state index is 0.104. The first-order valence-corrected chi connectivity index (χ1v) is 13.4. The minimum Gasteiger partial charge on any atom is -0.495 e. The standard InChI is InChI=1S/C31H33N5O2S/c1-20-12-14-23(15-13-20)36-21(2)19-24(22(36)3)30-29(26-10-7-8-17-32-26)34-31(39)35(30)18-16-28(37)33-25-9-5-6-11-27(25)38-4/h5-15,17,19,29-30H,16,18H2,1-4H3,(H,33,37)(H,34,39)/t29-,30-/m1/s1. The third-order valence-corrected chi connectivity index (χ3v) is 7.59. The number of aromatic nitrogens is 2. The highest BCUT2D eigenvalue weighted by Gasteiger charge is 2.41. The van der Waals surface area contributed by atoms with Crippen LogP contribution in [0.2, 0.25) is 0 Å². The number of amides is 1. The quantitative estimate of drug-likeness (QED) is 0.276.